The molecule has 0 bridgehead atoms. The predicted molar refractivity (Wildman–Crippen MR) is 189 cm³/mol. The second kappa shape index (κ2) is 8.68. The normalized spacial score (nSPS) is 13.2. The zero-order valence-electron chi connectivity index (χ0n) is 25.6. The predicted octanol–water partition coefficient (Wildman–Crippen LogP) is 12.1. The van der Waals surface area contributed by atoms with Crippen molar-refractivity contribution in [3.05, 3.63) is 96.1 Å². The molecular weight excluding hydrogens is 581 g/mol. The van der Waals surface area contributed by atoms with Crippen molar-refractivity contribution in [1.29, 1.82) is 0 Å². The zero-order valence-corrected chi connectivity index (χ0v) is 27.2. The summed E-state index contributed by atoms with van der Waals surface area (Å²) in [4.78, 5) is 0. The van der Waals surface area contributed by atoms with Crippen molar-refractivity contribution in [1.82, 2.24) is 8.80 Å². The van der Waals surface area contributed by atoms with Crippen molar-refractivity contribution in [2.75, 3.05) is 0 Å². The first-order valence-corrected chi connectivity index (χ1v) is 16.7. The molecule has 9 aromatic rings. The van der Waals surface area contributed by atoms with E-state index in [1.165, 1.54) is 20.5 Å². The molecule has 0 atom stereocenters. The van der Waals surface area contributed by atoms with Crippen LogP contribution in [0.5, 0.6) is 0 Å². The van der Waals surface area contributed by atoms with Gasteiger partial charge in [-0.05, 0) is 70.5 Å². The highest BCUT2D eigenvalue weighted by Crippen LogP contribution is 2.46. The van der Waals surface area contributed by atoms with E-state index < -0.39 is 0 Å². The SMILES string of the molecule is CC(C)(C)c1ccc2c(c1)oc1c3sc4ccccc4n4c5ccc(C(C)(C)C)cc5oc(c5sc6ccccc6n2c15)c34. The molecule has 6 heteroatoms. The van der Waals surface area contributed by atoms with Crippen molar-refractivity contribution < 1.29 is 8.83 Å². The lowest BCUT2D eigenvalue weighted by atomic mass is 9.87. The van der Waals surface area contributed by atoms with Gasteiger partial charge in [0.2, 0.25) is 0 Å². The molecule has 0 fully saturated rings. The Balaban J connectivity index is 1.63. The van der Waals surface area contributed by atoms with E-state index in [-0.39, 0.29) is 10.8 Å². The first kappa shape index (κ1) is 26.2. The quantitative estimate of drug-likeness (QED) is 0.126. The maximum Gasteiger partial charge on any atom is 0.172 e. The first-order chi connectivity index (χ1) is 21.1. The molecule has 5 aromatic carbocycles. The summed E-state index contributed by atoms with van der Waals surface area (Å²) in [6.07, 6.45) is 0. The Morgan fingerprint density at radius 3 is 1.32 bits per heavy atom. The molecule has 44 heavy (non-hydrogen) atoms. The third-order valence-corrected chi connectivity index (χ3v) is 11.2. The van der Waals surface area contributed by atoms with Crippen LogP contribution in [0.3, 0.4) is 0 Å². The van der Waals surface area contributed by atoms with E-state index in [0.29, 0.717) is 0 Å². The lowest BCUT2D eigenvalue weighted by molar-refractivity contribution is 0.586. The van der Waals surface area contributed by atoms with Crippen LogP contribution in [0.1, 0.15) is 52.7 Å². The molecule has 4 nitrogen and oxygen atoms in total. The second-order valence-electron chi connectivity index (χ2n) is 13.9. The van der Waals surface area contributed by atoms with Gasteiger partial charge in [-0.3, -0.25) is 0 Å². The molecule has 9 rings (SSSR count). The van der Waals surface area contributed by atoms with E-state index in [9.17, 15) is 0 Å². The first-order valence-electron chi connectivity index (χ1n) is 15.1. The van der Waals surface area contributed by atoms with Crippen molar-refractivity contribution in [3.8, 4) is 0 Å². The Hall–Kier alpha value is -4.26. The van der Waals surface area contributed by atoms with Crippen molar-refractivity contribution in [2.24, 2.45) is 0 Å². The molecular formula is C38H32N2O2S2. The number of benzene rings is 5. The topological polar surface area (TPSA) is 35.1 Å². The van der Waals surface area contributed by atoms with Gasteiger partial charge in [0, 0.05) is 0 Å². The third-order valence-electron chi connectivity index (χ3n) is 8.91. The van der Waals surface area contributed by atoms with E-state index in [1.54, 1.807) is 22.7 Å². The summed E-state index contributed by atoms with van der Waals surface area (Å²) >= 11 is 3.55. The molecule has 4 aromatic heterocycles. The van der Waals surface area contributed by atoms with E-state index in [0.717, 1.165) is 64.8 Å². The van der Waals surface area contributed by atoms with Gasteiger partial charge in [0.05, 0.1) is 31.5 Å². The van der Waals surface area contributed by atoms with Gasteiger partial charge in [0.15, 0.2) is 22.3 Å². The number of fused-ring (bicyclic) bond motifs is 10. The Bertz CT molecular complexity index is 2500. The molecule has 0 saturated carbocycles. The maximum absolute atomic E-state index is 7.05. The Kier molecular flexibility index (Phi) is 5.16. The molecule has 0 amide bonds. The molecule has 0 spiro atoms. The Morgan fingerprint density at radius 1 is 0.500 bits per heavy atom. The molecule has 218 valence electrons. The number of aromatic nitrogens is 2. The van der Waals surface area contributed by atoms with Gasteiger partial charge < -0.3 is 17.6 Å². The lowest BCUT2D eigenvalue weighted by Crippen LogP contribution is -2.11. The molecule has 0 radical (unpaired) electrons. The highest BCUT2D eigenvalue weighted by Gasteiger charge is 2.25. The summed E-state index contributed by atoms with van der Waals surface area (Å²) in [5, 5.41) is 0. The number of rotatable bonds is 0. The van der Waals surface area contributed by atoms with Gasteiger partial charge >= 0.3 is 0 Å². The molecule has 0 unspecified atom stereocenters. The standard InChI is InChI=1S/C38H32N2O2S2/c1-37(2,3)21-15-17-23-27(19-21)41-33-31-36(44-29-13-9-7-11-25(29)39(23)31)34-32-35(33)43-30-14-10-8-12-26(30)40(32)24-18-16-22(38(4,5)6)20-28(24)42-34/h7-20H,1-6H3. The summed E-state index contributed by atoms with van der Waals surface area (Å²) < 4.78 is 23.5. The summed E-state index contributed by atoms with van der Waals surface area (Å²) in [7, 11) is 0. The summed E-state index contributed by atoms with van der Waals surface area (Å²) in [5.74, 6) is 0. The molecule has 0 aliphatic carbocycles. The summed E-state index contributed by atoms with van der Waals surface area (Å²) in [5.41, 5.74) is 12.6. The van der Waals surface area contributed by atoms with Gasteiger partial charge in [-0.25, -0.2) is 0 Å². The third kappa shape index (κ3) is 3.55. The minimum Gasteiger partial charge on any atom is -0.451 e. The van der Waals surface area contributed by atoms with Crippen LogP contribution in [0.4, 0.5) is 0 Å². The maximum atomic E-state index is 7.05. The van der Waals surface area contributed by atoms with Crippen LogP contribution in [0.15, 0.2) is 93.8 Å². The van der Waals surface area contributed by atoms with Crippen LogP contribution in [-0.2, 0) is 10.8 Å². The van der Waals surface area contributed by atoms with E-state index >= 15 is 0 Å². The fourth-order valence-corrected chi connectivity index (χ4v) is 8.84. The van der Waals surface area contributed by atoms with Crippen LogP contribution in [0, 0.1) is 0 Å². The van der Waals surface area contributed by atoms with Gasteiger partial charge in [-0.2, -0.15) is 0 Å². The average Bonchev–Trinajstić information content (AvgIpc) is 3.01. The Labute approximate surface area is 262 Å². The highest BCUT2D eigenvalue weighted by atomic mass is 32.1. The van der Waals surface area contributed by atoms with Crippen LogP contribution in [0.2, 0.25) is 0 Å². The van der Waals surface area contributed by atoms with Crippen molar-refractivity contribution >= 4 is 96.9 Å². The second-order valence-corrected chi connectivity index (χ2v) is 16.0. The molecule has 0 aliphatic rings. The van der Waals surface area contributed by atoms with Gasteiger partial charge in [0.1, 0.15) is 20.4 Å². The fraction of sp³-hybridized carbons (Fsp3) is 0.211. The molecule has 0 aliphatic heterocycles. The van der Waals surface area contributed by atoms with Crippen LogP contribution in [0.25, 0.3) is 74.2 Å². The fourth-order valence-electron chi connectivity index (χ4n) is 6.55. The molecule has 0 saturated heterocycles. The number of nitrogens with zero attached hydrogens (tertiary/aromatic N) is 2. The summed E-state index contributed by atoms with van der Waals surface area (Å²) in [6, 6.07) is 30.7. The van der Waals surface area contributed by atoms with Crippen molar-refractivity contribution in [2.45, 2.75) is 52.4 Å². The number of hydrogen-bond acceptors (Lipinski definition) is 4. The van der Waals surface area contributed by atoms with Gasteiger partial charge in [-0.1, -0.05) is 77.9 Å². The lowest BCUT2D eigenvalue weighted by Gasteiger charge is -2.22. The van der Waals surface area contributed by atoms with Gasteiger partial charge in [-0.15, -0.1) is 22.7 Å². The Morgan fingerprint density at radius 2 is 0.909 bits per heavy atom. The monoisotopic (exact) mass is 612 g/mol. The smallest absolute Gasteiger partial charge is 0.172 e. The highest BCUT2D eigenvalue weighted by molar-refractivity contribution is 7.27. The molecule has 4 heterocycles. The van der Waals surface area contributed by atoms with E-state index in [4.69, 9.17) is 8.83 Å². The average molecular weight is 613 g/mol. The molecule has 0 N–H and O–H groups in total. The number of hydrogen-bond donors (Lipinski definition) is 0. The van der Waals surface area contributed by atoms with Gasteiger partial charge in [0.25, 0.3) is 0 Å². The van der Waals surface area contributed by atoms with E-state index in [2.05, 4.69) is 135 Å². The van der Waals surface area contributed by atoms with Crippen LogP contribution in [-0.4, -0.2) is 8.80 Å². The van der Waals surface area contributed by atoms with E-state index in [1.807, 2.05) is 0 Å². The number of para-hydroxylation sites is 2. The minimum atomic E-state index is -0.00243. The largest absolute Gasteiger partial charge is 0.451 e. The zero-order chi connectivity index (χ0) is 30.1. The van der Waals surface area contributed by atoms with Crippen LogP contribution < -0.4 is 0 Å². The van der Waals surface area contributed by atoms with Crippen LogP contribution >= 0.6 is 22.7 Å². The minimum absolute atomic E-state index is 0.00243. The van der Waals surface area contributed by atoms with Crippen molar-refractivity contribution in [3.63, 3.8) is 0 Å². The summed E-state index contributed by atoms with van der Waals surface area (Å²) in [6.45, 7) is 13.5.